The predicted molar refractivity (Wildman–Crippen MR) is 127 cm³/mol. The van der Waals surface area contributed by atoms with Crippen molar-refractivity contribution in [3.05, 3.63) is 42.2 Å². The fourth-order valence-electron chi connectivity index (χ4n) is 3.20. The molecule has 0 unspecified atom stereocenters. The third-order valence-corrected chi connectivity index (χ3v) is 4.98. The van der Waals surface area contributed by atoms with Crippen LogP contribution in [0.3, 0.4) is 0 Å². The van der Waals surface area contributed by atoms with Gasteiger partial charge in [0, 0.05) is 25.3 Å². The maximum atomic E-state index is 12.8. The van der Waals surface area contributed by atoms with Gasteiger partial charge in [0.25, 0.3) is 5.91 Å². The van der Waals surface area contributed by atoms with Crippen LogP contribution >= 0.6 is 0 Å². The second-order valence-corrected chi connectivity index (χ2v) is 7.75. The largest absolute Gasteiger partial charge is 0.497 e. The van der Waals surface area contributed by atoms with Crippen LogP contribution < -0.4 is 24.3 Å². The molecule has 1 amide bonds. The minimum atomic E-state index is -1.01. The highest BCUT2D eigenvalue weighted by Gasteiger charge is 2.28. The van der Waals surface area contributed by atoms with Crippen molar-refractivity contribution in [2.24, 2.45) is 0 Å². The van der Waals surface area contributed by atoms with Crippen molar-refractivity contribution in [2.45, 2.75) is 58.8 Å². The number of hydrogen-bond donors (Lipinski definition) is 1. The van der Waals surface area contributed by atoms with E-state index in [0.717, 1.165) is 6.42 Å². The lowest BCUT2D eigenvalue weighted by molar-refractivity contribution is -0.154. The molecule has 0 saturated heterocycles. The molecule has 1 aromatic carbocycles. The van der Waals surface area contributed by atoms with Crippen LogP contribution in [0.25, 0.3) is 0 Å². The molecule has 0 fully saturated rings. The van der Waals surface area contributed by atoms with Crippen LogP contribution in [0, 0.1) is 0 Å². The van der Waals surface area contributed by atoms with E-state index in [-0.39, 0.29) is 17.2 Å². The van der Waals surface area contributed by atoms with Crippen LogP contribution in [0.2, 0.25) is 0 Å². The summed E-state index contributed by atoms with van der Waals surface area (Å²) in [5, 5.41) is 2.52. The van der Waals surface area contributed by atoms with E-state index in [1.165, 1.54) is 33.2 Å². The van der Waals surface area contributed by atoms with Gasteiger partial charge in [-0.2, -0.15) is 0 Å². The van der Waals surface area contributed by atoms with Crippen molar-refractivity contribution >= 4 is 17.8 Å². The maximum absolute atomic E-state index is 12.8. The number of methoxy groups -OCH3 is 2. The van der Waals surface area contributed by atoms with E-state index >= 15 is 0 Å². The summed E-state index contributed by atoms with van der Waals surface area (Å²) in [6.45, 7) is 6.41. The Morgan fingerprint density at radius 2 is 1.77 bits per heavy atom. The zero-order chi connectivity index (χ0) is 26.0. The van der Waals surface area contributed by atoms with Gasteiger partial charge in [-0.15, -0.1) is 0 Å². The molecule has 10 heteroatoms. The zero-order valence-electron chi connectivity index (χ0n) is 20.8. The molecule has 0 spiro atoms. The van der Waals surface area contributed by atoms with Crippen LogP contribution in [0.15, 0.2) is 36.5 Å². The van der Waals surface area contributed by atoms with E-state index in [2.05, 4.69) is 10.3 Å². The first-order valence-corrected chi connectivity index (χ1v) is 11.2. The molecule has 2 rings (SSSR count). The summed E-state index contributed by atoms with van der Waals surface area (Å²) >= 11 is 0. The Morgan fingerprint density at radius 1 is 1.06 bits per heavy atom. The van der Waals surface area contributed by atoms with Gasteiger partial charge in [0.2, 0.25) is 5.75 Å². The van der Waals surface area contributed by atoms with Crippen LogP contribution in [0.5, 0.6) is 23.0 Å². The quantitative estimate of drug-likeness (QED) is 0.448. The van der Waals surface area contributed by atoms with Gasteiger partial charge in [-0.1, -0.05) is 19.4 Å². The summed E-state index contributed by atoms with van der Waals surface area (Å²) < 4.78 is 27.1. The summed E-state index contributed by atoms with van der Waals surface area (Å²) in [5.41, 5.74) is -0.197. The number of esters is 2. The second kappa shape index (κ2) is 13.2. The Labute approximate surface area is 204 Å². The lowest BCUT2D eigenvalue weighted by atomic mass is 10.1. The van der Waals surface area contributed by atoms with Crippen molar-refractivity contribution < 1.29 is 38.1 Å². The lowest BCUT2D eigenvalue weighted by Crippen LogP contribution is -2.43. The molecule has 0 bridgehead atoms. The third kappa shape index (κ3) is 7.87. The van der Waals surface area contributed by atoms with Gasteiger partial charge in [-0.25, -0.2) is 9.78 Å². The van der Waals surface area contributed by atoms with E-state index in [1.54, 1.807) is 32.2 Å². The van der Waals surface area contributed by atoms with Gasteiger partial charge < -0.3 is 29.0 Å². The fourth-order valence-corrected chi connectivity index (χ4v) is 3.20. The molecule has 0 radical (unpaired) electrons. The minimum Gasteiger partial charge on any atom is -0.497 e. The van der Waals surface area contributed by atoms with Crippen LogP contribution in [-0.2, 0) is 14.3 Å². The number of nitrogens with zero attached hydrogens (tertiary/aromatic N) is 1. The summed E-state index contributed by atoms with van der Waals surface area (Å²) in [7, 11) is 2.94. The molecular weight excluding hydrogens is 456 g/mol. The highest BCUT2D eigenvalue weighted by molar-refractivity contribution is 5.98. The fraction of sp³-hybridized carbons (Fsp3) is 0.440. The van der Waals surface area contributed by atoms with Crippen molar-refractivity contribution in [2.75, 3.05) is 14.2 Å². The average Bonchev–Trinajstić information content (AvgIpc) is 2.83. The van der Waals surface area contributed by atoms with Gasteiger partial charge in [-0.05, 0) is 32.4 Å². The van der Waals surface area contributed by atoms with Crippen LogP contribution in [0.4, 0.5) is 0 Å². The third-order valence-electron chi connectivity index (χ3n) is 4.98. The number of carbonyl (C=O) groups is 3. The number of amides is 1. The van der Waals surface area contributed by atoms with Crippen molar-refractivity contribution in [3.63, 3.8) is 0 Å². The Hall–Kier alpha value is -3.82. The lowest BCUT2D eigenvalue weighted by Gasteiger charge is -2.26. The smallest absolute Gasteiger partial charge is 0.328 e. The first-order valence-electron chi connectivity index (χ1n) is 11.2. The van der Waals surface area contributed by atoms with Crippen molar-refractivity contribution in [3.8, 4) is 23.0 Å². The topological polar surface area (TPSA) is 122 Å². The van der Waals surface area contributed by atoms with Gasteiger partial charge in [0.05, 0.1) is 14.2 Å². The van der Waals surface area contributed by atoms with Crippen molar-refractivity contribution in [1.82, 2.24) is 10.3 Å². The standard InChI is InChI=1S/C25H32N2O8/c1-7-9-20(35-19-11-8-10-18(14-19)31-5)16(3)33-25(30)15(2)27-24(29)22-23(34-17(4)28)21(32-6)12-13-26-22/h8,10-16,20H,7,9H2,1-6H3,(H,27,29)/t15-,16-,20+/m0/s1. The number of nitrogens with one attached hydrogen (secondary N) is 1. The van der Waals surface area contributed by atoms with E-state index < -0.39 is 36.1 Å². The van der Waals surface area contributed by atoms with E-state index in [1.807, 2.05) is 13.0 Å². The molecule has 1 heterocycles. The van der Waals surface area contributed by atoms with Gasteiger partial charge >= 0.3 is 11.9 Å². The number of carbonyl (C=O) groups excluding carboxylic acids is 3. The molecule has 0 aliphatic carbocycles. The maximum Gasteiger partial charge on any atom is 0.328 e. The van der Waals surface area contributed by atoms with Crippen LogP contribution in [-0.4, -0.2) is 55.3 Å². The zero-order valence-corrected chi connectivity index (χ0v) is 20.8. The summed E-state index contributed by atoms with van der Waals surface area (Å²) in [6.07, 6.45) is 1.78. The number of ether oxygens (including phenoxy) is 5. The molecular formula is C25H32N2O8. The molecule has 2 aromatic rings. The predicted octanol–water partition coefficient (Wildman–Crippen LogP) is 3.32. The molecule has 0 aliphatic heterocycles. The molecule has 10 nitrogen and oxygen atoms in total. The highest BCUT2D eigenvalue weighted by Crippen LogP contribution is 2.29. The number of benzene rings is 1. The SMILES string of the molecule is CCC[C@@H](Oc1cccc(OC)c1)[C@H](C)OC(=O)[C@H](C)NC(=O)c1nccc(OC)c1OC(C)=O. The molecule has 0 saturated carbocycles. The van der Waals surface area contributed by atoms with Gasteiger partial charge in [0.1, 0.15) is 29.7 Å². The normalized spacial score (nSPS) is 13.1. The number of aromatic nitrogens is 1. The monoisotopic (exact) mass is 488 g/mol. The molecule has 190 valence electrons. The van der Waals surface area contributed by atoms with Gasteiger partial charge in [-0.3, -0.25) is 9.59 Å². The highest BCUT2D eigenvalue weighted by atomic mass is 16.6. The molecule has 1 N–H and O–H groups in total. The number of pyridine rings is 1. The summed E-state index contributed by atoms with van der Waals surface area (Å²) in [5.74, 6) is -0.769. The van der Waals surface area contributed by atoms with Gasteiger partial charge in [0.15, 0.2) is 11.4 Å². The van der Waals surface area contributed by atoms with Crippen molar-refractivity contribution in [1.29, 1.82) is 0 Å². The Bertz CT molecular complexity index is 1030. The summed E-state index contributed by atoms with van der Waals surface area (Å²) in [6, 6.07) is 7.60. The summed E-state index contributed by atoms with van der Waals surface area (Å²) in [4.78, 5) is 41.0. The second-order valence-electron chi connectivity index (χ2n) is 7.75. The van der Waals surface area contributed by atoms with Crippen LogP contribution in [0.1, 0.15) is 51.0 Å². The Kier molecular flexibility index (Phi) is 10.3. The van der Waals surface area contributed by atoms with E-state index in [4.69, 9.17) is 23.7 Å². The minimum absolute atomic E-state index is 0.136. The molecule has 35 heavy (non-hydrogen) atoms. The molecule has 3 atom stereocenters. The van der Waals surface area contributed by atoms with E-state index in [9.17, 15) is 14.4 Å². The van der Waals surface area contributed by atoms with E-state index in [0.29, 0.717) is 17.9 Å². The Balaban J connectivity index is 2.07. The first kappa shape index (κ1) is 27.4. The average molecular weight is 489 g/mol. The molecule has 1 aromatic heterocycles. The molecule has 0 aliphatic rings. The first-order chi connectivity index (χ1) is 16.7. The number of hydrogen-bond acceptors (Lipinski definition) is 9. The Morgan fingerprint density at radius 3 is 2.40 bits per heavy atom. The number of rotatable bonds is 12.